The lowest BCUT2D eigenvalue weighted by atomic mass is 9.98. The zero-order valence-corrected chi connectivity index (χ0v) is 20.5. The van der Waals surface area contributed by atoms with Gasteiger partial charge in [0.25, 0.3) is 0 Å². The van der Waals surface area contributed by atoms with E-state index < -0.39 is 36.2 Å². The van der Waals surface area contributed by atoms with Crippen LogP contribution in [0.2, 0.25) is 0 Å². The van der Waals surface area contributed by atoms with Gasteiger partial charge >= 0.3 is 12.1 Å². The molecule has 0 fully saturated rings. The second-order valence-corrected chi connectivity index (χ2v) is 8.84. The zero-order chi connectivity index (χ0) is 25.4. The molecule has 0 saturated carbocycles. The first-order valence-electron chi connectivity index (χ1n) is 12.0. The van der Waals surface area contributed by atoms with Gasteiger partial charge in [-0.05, 0) is 35.6 Å². The number of carbonyl (C=O) groups is 3. The lowest BCUT2D eigenvalue weighted by Gasteiger charge is -2.23. The van der Waals surface area contributed by atoms with Crippen LogP contribution in [0.3, 0.4) is 0 Å². The molecule has 2 aromatic rings. The fourth-order valence-corrected chi connectivity index (χ4v) is 4.45. The SMILES string of the molecule is CCCC[C@H](CC(=O)N[C@H](C(=O)O)[C@@H](C)OC)NC(=O)OCC1c2ccccc2-c2ccccc21. The van der Waals surface area contributed by atoms with Crippen molar-refractivity contribution in [3.8, 4) is 11.1 Å². The Kier molecular flexibility index (Phi) is 9.25. The number of ether oxygens (including phenoxy) is 2. The van der Waals surface area contributed by atoms with Gasteiger partial charge in [-0.2, -0.15) is 0 Å². The summed E-state index contributed by atoms with van der Waals surface area (Å²) in [7, 11) is 1.38. The highest BCUT2D eigenvalue weighted by atomic mass is 16.5. The lowest BCUT2D eigenvalue weighted by Crippen LogP contribution is -2.50. The third kappa shape index (κ3) is 6.60. The van der Waals surface area contributed by atoms with Crippen LogP contribution in [0.1, 0.15) is 56.6 Å². The van der Waals surface area contributed by atoms with E-state index in [0.717, 1.165) is 35.1 Å². The number of aliphatic carboxylic acids is 1. The minimum absolute atomic E-state index is 0.0512. The van der Waals surface area contributed by atoms with Crippen LogP contribution in [0, 0.1) is 0 Å². The molecule has 0 bridgehead atoms. The minimum Gasteiger partial charge on any atom is -0.480 e. The van der Waals surface area contributed by atoms with Crippen LogP contribution in [-0.4, -0.2) is 55.0 Å². The van der Waals surface area contributed by atoms with Crippen LogP contribution in [0.15, 0.2) is 48.5 Å². The van der Waals surface area contributed by atoms with Crippen LogP contribution in [-0.2, 0) is 19.1 Å². The van der Waals surface area contributed by atoms with E-state index in [1.54, 1.807) is 6.92 Å². The first-order valence-corrected chi connectivity index (χ1v) is 12.0. The number of benzene rings is 2. The van der Waals surface area contributed by atoms with E-state index >= 15 is 0 Å². The third-order valence-corrected chi connectivity index (χ3v) is 6.43. The van der Waals surface area contributed by atoms with E-state index in [1.165, 1.54) is 7.11 Å². The molecular formula is C27H34N2O6. The van der Waals surface area contributed by atoms with Gasteiger partial charge in [-0.25, -0.2) is 9.59 Å². The molecule has 0 saturated heterocycles. The predicted molar refractivity (Wildman–Crippen MR) is 132 cm³/mol. The number of hydrogen-bond donors (Lipinski definition) is 3. The molecule has 3 rings (SSSR count). The summed E-state index contributed by atoms with van der Waals surface area (Å²) in [6.45, 7) is 3.77. The van der Waals surface area contributed by atoms with E-state index in [-0.39, 0.29) is 18.9 Å². The summed E-state index contributed by atoms with van der Waals surface area (Å²) >= 11 is 0. The normalized spacial score (nSPS) is 14.8. The molecule has 2 amide bonds. The molecule has 3 N–H and O–H groups in total. The number of carboxylic acids is 1. The standard InChI is InChI=1S/C27H34N2O6/c1-4-5-10-18(15-24(30)29-25(26(31)32)17(2)34-3)28-27(33)35-16-23-21-13-8-6-11-19(21)20-12-7-9-14-22(20)23/h6-9,11-14,17-18,23,25H,4-5,10,15-16H2,1-3H3,(H,28,33)(H,29,30)(H,31,32)/t17-,18-,25+/m1/s1. The number of amides is 2. The van der Waals surface area contributed by atoms with Crippen molar-refractivity contribution in [2.45, 2.75) is 63.6 Å². The van der Waals surface area contributed by atoms with Gasteiger partial charge in [-0.15, -0.1) is 0 Å². The van der Waals surface area contributed by atoms with E-state index in [0.29, 0.717) is 6.42 Å². The summed E-state index contributed by atoms with van der Waals surface area (Å²) < 4.78 is 10.7. The average Bonchev–Trinajstić information content (AvgIpc) is 3.17. The van der Waals surface area contributed by atoms with Crippen LogP contribution < -0.4 is 10.6 Å². The van der Waals surface area contributed by atoms with Crippen molar-refractivity contribution in [1.82, 2.24) is 10.6 Å². The van der Waals surface area contributed by atoms with Crippen molar-refractivity contribution in [3.63, 3.8) is 0 Å². The number of carboxylic acid groups (broad SMARTS) is 1. The van der Waals surface area contributed by atoms with Gasteiger partial charge < -0.3 is 25.2 Å². The molecule has 3 atom stereocenters. The summed E-state index contributed by atoms with van der Waals surface area (Å²) in [5.41, 5.74) is 4.53. The van der Waals surface area contributed by atoms with Crippen molar-refractivity contribution >= 4 is 18.0 Å². The second kappa shape index (κ2) is 12.4. The summed E-state index contributed by atoms with van der Waals surface area (Å²) in [6.07, 6.45) is 0.929. The predicted octanol–water partition coefficient (Wildman–Crippen LogP) is 4.08. The molecular weight excluding hydrogens is 448 g/mol. The van der Waals surface area contributed by atoms with Gasteiger partial charge in [0.2, 0.25) is 5.91 Å². The Morgan fingerprint density at radius 2 is 1.60 bits per heavy atom. The van der Waals surface area contributed by atoms with Crippen LogP contribution in [0.4, 0.5) is 4.79 Å². The molecule has 0 aromatic heterocycles. The molecule has 0 unspecified atom stereocenters. The monoisotopic (exact) mass is 482 g/mol. The molecule has 2 aromatic carbocycles. The summed E-state index contributed by atoms with van der Waals surface area (Å²) in [6, 6.07) is 14.6. The fraction of sp³-hybridized carbons (Fsp3) is 0.444. The summed E-state index contributed by atoms with van der Waals surface area (Å²) in [5.74, 6) is -1.71. The summed E-state index contributed by atoms with van der Waals surface area (Å²) in [5, 5.41) is 14.7. The van der Waals surface area contributed by atoms with Crippen molar-refractivity contribution in [2.24, 2.45) is 0 Å². The maximum absolute atomic E-state index is 12.7. The smallest absolute Gasteiger partial charge is 0.407 e. The molecule has 0 spiro atoms. The Balaban J connectivity index is 1.61. The van der Waals surface area contributed by atoms with Gasteiger partial charge in [-0.3, -0.25) is 4.79 Å². The Bertz CT molecular complexity index is 994. The number of nitrogens with one attached hydrogen (secondary N) is 2. The topological polar surface area (TPSA) is 114 Å². The van der Waals surface area contributed by atoms with Crippen LogP contribution in [0.25, 0.3) is 11.1 Å². The minimum atomic E-state index is -1.18. The molecule has 8 heteroatoms. The number of unbranched alkanes of at least 4 members (excludes halogenated alkanes) is 1. The number of carbonyl (C=O) groups excluding carboxylic acids is 2. The van der Waals surface area contributed by atoms with E-state index in [4.69, 9.17) is 9.47 Å². The van der Waals surface area contributed by atoms with Crippen molar-refractivity contribution < 1.29 is 29.0 Å². The molecule has 0 heterocycles. The average molecular weight is 483 g/mol. The number of rotatable bonds is 12. The highest BCUT2D eigenvalue weighted by Crippen LogP contribution is 2.44. The summed E-state index contributed by atoms with van der Waals surface area (Å²) in [4.78, 5) is 36.7. The van der Waals surface area contributed by atoms with E-state index in [1.807, 2.05) is 31.2 Å². The Hall–Kier alpha value is -3.39. The molecule has 35 heavy (non-hydrogen) atoms. The number of methoxy groups -OCH3 is 1. The quantitative estimate of drug-likeness (QED) is 0.420. The molecule has 188 valence electrons. The second-order valence-electron chi connectivity index (χ2n) is 8.84. The molecule has 0 radical (unpaired) electrons. The maximum Gasteiger partial charge on any atom is 0.407 e. The van der Waals surface area contributed by atoms with Gasteiger partial charge in [0.15, 0.2) is 6.04 Å². The van der Waals surface area contributed by atoms with Crippen molar-refractivity contribution in [1.29, 1.82) is 0 Å². The largest absolute Gasteiger partial charge is 0.480 e. The Labute approximate surface area is 206 Å². The number of hydrogen-bond acceptors (Lipinski definition) is 5. The first-order chi connectivity index (χ1) is 16.8. The highest BCUT2D eigenvalue weighted by Gasteiger charge is 2.30. The third-order valence-electron chi connectivity index (χ3n) is 6.43. The molecule has 0 aliphatic heterocycles. The van der Waals surface area contributed by atoms with E-state index in [2.05, 4.69) is 34.9 Å². The van der Waals surface area contributed by atoms with Crippen molar-refractivity contribution in [3.05, 3.63) is 59.7 Å². The maximum atomic E-state index is 12.7. The molecule has 1 aliphatic carbocycles. The first kappa shape index (κ1) is 26.2. The van der Waals surface area contributed by atoms with Gasteiger partial charge in [0.1, 0.15) is 6.61 Å². The Morgan fingerprint density at radius 1 is 1.00 bits per heavy atom. The van der Waals surface area contributed by atoms with Gasteiger partial charge in [0, 0.05) is 25.5 Å². The van der Waals surface area contributed by atoms with E-state index in [9.17, 15) is 19.5 Å². The molecule has 1 aliphatic rings. The highest BCUT2D eigenvalue weighted by molar-refractivity contribution is 5.84. The van der Waals surface area contributed by atoms with Crippen molar-refractivity contribution in [2.75, 3.05) is 13.7 Å². The van der Waals surface area contributed by atoms with Gasteiger partial charge in [0.05, 0.1) is 6.10 Å². The van der Waals surface area contributed by atoms with Gasteiger partial charge in [-0.1, -0.05) is 68.3 Å². The number of fused-ring (bicyclic) bond motifs is 3. The fourth-order valence-electron chi connectivity index (χ4n) is 4.45. The number of alkyl carbamates (subject to hydrolysis) is 1. The zero-order valence-electron chi connectivity index (χ0n) is 20.5. The lowest BCUT2D eigenvalue weighted by molar-refractivity contribution is -0.145. The van der Waals surface area contributed by atoms with Crippen LogP contribution in [0.5, 0.6) is 0 Å². The Morgan fingerprint density at radius 3 is 2.14 bits per heavy atom. The molecule has 8 nitrogen and oxygen atoms in total. The van der Waals surface area contributed by atoms with Crippen LogP contribution >= 0.6 is 0 Å².